The van der Waals surface area contributed by atoms with E-state index in [2.05, 4.69) is 15.9 Å². The maximum absolute atomic E-state index is 13.6. The molecule has 2 rings (SSSR count). The summed E-state index contributed by atoms with van der Waals surface area (Å²) >= 11 is 10.7. The van der Waals surface area contributed by atoms with Gasteiger partial charge in [-0.25, -0.2) is 4.39 Å². The lowest BCUT2D eigenvalue weighted by atomic mass is 10.2. The molecule has 90 valence electrons. The number of benzene rings is 1. The van der Waals surface area contributed by atoms with Gasteiger partial charge in [0.25, 0.3) is 0 Å². The first-order valence-electron chi connectivity index (χ1n) is 4.91. The topological polar surface area (TPSA) is 9.23 Å². The van der Waals surface area contributed by atoms with E-state index in [9.17, 15) is 4.39 Å². The van der Waals surface area contributed by atoms with Crippen molar-refractivity contribution in [2.45, 2.75) is 12.5 Å². The predicted octanol–water partition coefficient (Wildman–Crippen LogP) is 4.97. The lowest BCUT2D eigenvalue weighted by Gasteiger charge is -2.09. The smallest absolute Gasteiger partial charge is 0.165 e. The van der Waals surface area contributed by atoms with E-state index in [1.165, 1.54) is 6.07 Å². The minimum atomic E-state index is -0.376. The molecule has 0 spiro atoms. The van der Waals surface area contributed by atoms with Crippen LogP contribution in [-0.4, -0.2) is 0 Å². The molecule has 0 radical (unpaired) electrons. The van der Waals surface area contributed by atoms with Gasteiger partial charge in [0.05, 0.1) is 9.67 Å². The van der Waals surface area contributed by atoms with Gasteiger partial charge in [0, 0.05) is 10.4 Å². The van der Waals surface area contributed by atoms with Crippen molar-refractivity contribution in [1.82, 2.24) is 0 Å². The molecule has 0 atom stereocenters. The highest BCUT2D eigenvalue weighted by Crippen LogP contribution is 2.27. The molecule has 0 bridgehead atoms. The van der Waals surface area contributed by atoms with Crippen molar-refractivity contribution in [3.63, 3.8) is 0 Å². The highest BCUT2D eigenvalue weighted by Gasteiger charge is 2.09. The van der Waals surface area contributed by atoms with Crippen molar-refractivity contribution in [1.29, 1.82) is 0 Å². The van der Waals surface area contributed by atoms with Gasteiger partial charge in [0.1, 0.15) is 6.61 Å². The van der Waals surface area contributed by atoms with Crippen LogP contribution in [-0.2, 0) is 12.5 Å². The summed E-state index contributed by atoms with van der Waals surface area (Å²) in [6.07, 6.45) is 0. The van der Waals surface area contributed by atoms with Crippen LogP contribution in [0.1, 0.15) is 10.4 Å². The van der Waals surface area contributed by atoms with E-state index < -0.39 is 0 Å². The molecule has 17 heavy (non-hydrogen) atoms. The molecule has 1 aromatic heterocycles. The van der Waals surface area contributed by atoms with E-state index in [-0.39, 0.29) is 17.4 Å². The van der Waals surface area contributed by atoms with Gasteiger partial charge in [-0.15, -0.1) is 22.9 Å². The van der Waals surface area contributed by atoms with Crippen LogP contribution in [0.3, 0.4) is 0 Å². The van der Waals surface area contributed by atoms with Gasteiger partial charge in [-0.3, -0.25) is 0 Å². The van der Waals surface area contributed by atoms with Crippen LogP contribution < -0.4 is 4.74 Å². The number of para-hydroxylation sites is 1. The fourth-order valence-electron chi connectivity index (χ4n) is 1.39. The van der Waals surface area contributed by atoms with E-state index in [1.807, 2.05) is 12.1 Å². The molecular formula is C12H9BrClFOS. The highest BCUT2D eigenvalue weighted by atomic mass is 79.9. The Morgan fingerprint density at radius 2 is 2.12 bits per heavy atom. The van der Waals surface area contributed by atoms with Gasteiger partial charge in [0.15, 0.2) is 11.6 Å². The molecule has 0 unspecified atom stereocenters. The van der Waals surface area contributed by atoms with Crippen molar-refractivity contribution in [3.05, 3.63) is 50.4 Å². The molecule has 0 aliphatic rings. The zero-order valence-electron chi connectivity index (χ0n) is 8.75. The van der Waals surface area contributed by atoms with Crippen molar-refractivity contribution in [2.75, 3.05) is 0 Å². The summed E-state index contributed by atoms with van der Waals surface area (Å²) in [4.78, 5) is 1.03. The first-order chi connectivity index (χ1) is 8.20. The summed E-state index contributed by atoms with van der Waals surface area (Å²) in [5.41, 5.74) is 0.669. The molecule has 0 aliphatic carbocycles. The number of thiophene rings is 1. The normalized spacial score (nSPS) is 10.5. The second kappa shape index (κ2) is 5.85. The largest absolute Gasteiger partial charge is 0.485 e. The lowest BCUT2D eigenvalue weighted by Crippen LogP contribution is -1.98. The van der Waals surface area contributed by atoms with E-state index in [1.54, 1.807) is 23.5 Å². The number of hydrogen-bond donors (Lipinski definition) is 0. The van der Waals surface area contributed by atoms with E-state index in [4.69, 9.17) is 16.3 Å². The van der Waals surface area contributed by atoms with Gasteiger partial charge in [0.2, 0.25) is 0 Å². The third kappa shape index (κ3) is 3.21. The fraction of sp³-hybridized carbons (Fsp3) is 0.167. The predicted molar refractivity (Wildman–Crippen MR) is 72.3 cm³/mol. The molecule has 2 aromatic rings. The standard InChI is InChI=1S/C12H9BrClFOS/c13-11-5-4-9(17-11)7-16-12-8(6-14)2-1-3-10(12)15/h1-5H,6-7H2. The molecule has 0 saturated carbocycles. The molecule has 5 heteroatoms. The van der Waals surface area contributed by atoms with Crippen LogP contribution in [0, 0.1) is 5.82 Å². The van der Waals surface area contributed by atoms with Gasteiger partial charge in [-0.1, -0.05) is 12.1 Å². The fourth-order valence-corrected chi connectivity index (χ4v) is 3.00. The van der Waals surface area contributed by atoms with E-state index in [0.717, 1.165) is 8.66 Å². The molecular weight excluding hydrogens is 327 g/mol. The monoisotopic (exact) mass is 334 g/mol. The quantitative estimate of drug-likeness (QED) is 0.717. The molecule has 1 nitrogen and oxygen atoms in total. The maximum atomic E-state index is 13.6. The minimum absolute atomic E-state index is 0.237. The number of alkyl halides is 1. The Morgan fingerprint density at radius 1 is 1.29 bits per heavy atom. The minimum Gasteiger partial charge on any atom is -0.485 e. The van der Waals surface area contributed by atoms with Gasteiger partial charge >= 0.3 is 0 Å². The summed E-state index contributed by atoms with van der Waals surface area (Å²) in [5, 5.41) is 0. The molecule has 0 N–H and O–H groups in total. The Hall–Kier alpha value is -0.580. The molecule has 0 saturated heterocycles. The third-order valence-electron chi connectivity index (χ3n) is 2.18. The maximum Gasteiger partial charge on any atom is 0.165 e. The second-order valence-electron chi connectivity index (χ2n) is 3.36. The Kier molecular flexibility index (Phi) is 4.42. The summed E-state index contributed by atoms with van der Waals surface area (Å²) in [7, 11) is 0. The van der Waals surface area contributed by atoms with Crippen molar-refractivity contribution in [3.8, 4) is 5.75 Å². The van der Waals surface area contributed by atoms with E-state index in [0.29, 0.717) is 12.2 Å². The summed E-state index contributed by atoms with van der Waals surface area (Å²) in [6, 6.07) is 8.64. The van der Waals surface area contributed by atoms with Crippen LogP contribution in [0.2, 0.25) is 0 Å². The second-order valence-corrected chi connectivity index (χ2v) is 6.17. The van der Waals surface area contributed by atoms with Crippen LogP contribution in [0.4, 0.5) is 4.39 Å². The highest BCUT2D eigenvalue weighted by molar-refractivity contribution is 9.11. The van der Waals surface area contributed by atoms with Crippen molar-refractivity contribution in [2.24, 2.45) is 0 Å². The number of halogens is 3. The summed E-state index contributed by atoms with van der Waals surface area (Å²) < 4.78 is 20.1. The number of ether oxygens (including phenoxy) is 1. The first kappa shape index (κ1) is 12.9. The van der Waals surface area contributed by atoms with Crippen molar-refractivity contribution >= 4 is 38.9 Å². The van der Waals surface area contributed by atoms with E-state index >= 15 is 0 Å². The molecule has 1 heterocycles. The van der Waals surface area contributed by atoms with Gasteiger partial charge < -0.3 is 4.74 Å². The SMILES string of the molecule is Fc1cccc(CCl)c1OCc1ccc(Br)s1. The van der Waals surface area contributed by atoms with Crippen LogP contribution in [0.5, 0.6) is 5.75 Å². The van der Waals surface area contributed by atoms with Crippen LogP contribution >= 0.6 is 38.9 Å². The third-order valence-corrected chi connectivity index (χ3v) is 4.07. The molecule has 0 aliphatic heterocycles. The zero-order chi connectivity index (χ0) is 12.3. The molecule has 0 amide bonds. The van der Waals surface area contributed by atoms with Crippen LogP contribution in [0.15, 0.2) is 34.1 Å². The Labute approximate surface area is 116 Å². The summed E-state index contributed by atoms with van der Waals surface area (Å²) in [6.45, 7) is 0.348. The van der Waals surface area contributed by atoms with Crippen LogP contribution in [0.25, 0.3) is 0 Å². The van der Waals surface area contributed by atoms with Gasteiger partial charge in [-0.05, 0) is 34.1 Å². The molecule has 0 fully saturated rings. The van der Waals surface area contributed by atoms with Gasteiger partial charge in [-0.2, -0.15) is 0 Å². The zero-order valence-corrected chi connectivity index (χ0v) is 11.9. The summed E-state index contributed by atoms with van der Waals surface area (Å²) in [5.74, 6) is 0.104. The average Bonchev–Trinajstić information content (AvgIpc) is 2.73. The Bertz CT molecular complexity index is 515. The number of rotatable bonds is 4. The Balaban J connectivity index is 2.13. The van der Waals surface area contributed by atoms with Crippen molar-refractivity contribution < 1.29 is 9.13 Å². The number of hydrogen-bond acceptors (Lipinski definition) is 2. The molecule has 1 aromatic carbocycles. The first-order valence-corrected chi connectivity index (χ1v) is 7.05. The Morgan fingerprint density at radius 3 is 2.76 bits per heavy atom. The average molecular weight is 336 g/mol. The lowest BCUT2D eigenvalue weighted by molar-refractivity contribution is 0.291.